The largest absolute Gasteiger partial charge is 0.497 e. The zero-order chi connectivity index (χ0) is 23.8. The van der Waals surface area contributed by atoms with Crippen LogP contribution < -0.4 is 23.7 Å². The molecule has 3 aromatic carbocycles. The third-order valence-corrected chi connectivity index (χ3v) is 6.01. The van der Waals surface area contributed by atoms with E-state index in [9.17, 15) is 9.59 Å². The van der Waals surface area contributed by atoms with Crippen LogP contribution in [0.4, 0.5) is 0 Å². The van der Waals surface area contributed by atoms with Crippen LogP contribution in [0.5, 0.6) is 28.7 Å². The number of carbonyl (C=O) groups excluding carboxylic acids is 2. The van der Waals surface area contributed by atoms with Crippen molar-refractivity contribution in [2.45, 2.75) is 12.3 Å². The fourth-order valence-electron chi connectivity index (χ4n) is 4.33. The highest BCUT2D eigenvalue weighted by atomic mass is 16.5. The maximum absolute atomic E-state index is 13.2. The Morgan fingerprint density at radius 2 is 1.59 bits per heavy atom. The number of carbonyl (C=O) groups is 2. The number of esters is 1. The third-order valence-electron chi connectivity index (χ3n) is 6.01. The molecule has 2 aliphatic heterocycles. The van der Waals surface area contributed by atoms with Gasteiger partial charge in [0.2, 0.25) is 5.78 Å². The lowest BCUT2D eigenvalue weighted by Gasteiger charge is -2.27. The number of fused-ring (bicyclic) bond motifs is 3. The predicted molar refractivity (Wildman–Crippen MR) is 124 cm³/mol. The maximum atomic E-state index is 13.2. The quantitative estimate of drug-likeness (QED) is 0.310. The van der Waals surface area contributed by atoms with Gasteiger partial charge < -0.3 is 23.7 Å². The summed E-state index contributed by atoms with van der Waals surface area (Å²) in [6, 6.07) is 16.0. The number of allylic oxidation sites excluding steroid dienone is 1. The van der Waals surface area contributed by atoms with Crippen molar-refractivity contribution in [3.63, 3.8) is 0 Å². The third kappa shape index (κ3) is 3.65. The van der Waals surface area contributed by atoms with E-state index < -0.39 is 5.92 Å². The van der Waals surface area contributed by atoms with Crippen molar-refractivity contribution in [1.29, 1.82) is 0 Å². The van der Waals surface area contributed by atoms with E-state index in [4.69, 9.17) is 23.7 Å². The van der Waals surface area contributed by atoms with Gasteiger partial charge in [0.1, 0.15) is 28.7 Å². The minimum Gasteiger partial charge on any atom is -0.497 e. The molecule has 0 unspecified atom stereocenters. The molecule has 7 heteroatoms. The average molecular weight is 458 g/mol. The molecule has 2 heterocycles. The highest BCUT2D eigenvalue weighted by molar-refractivity contribution is 6.15. The molecule has 0 aliphatic carbocycles. The Kier molecular flexibility index (Phi) is 5.45. The van der Waals surface area contributed by atoms with E-state index in [0.717, 1.165) is 16.9 Å². The van der Waals surface area contributed by atoms with Gasteiger partial charge in [0, 0.05) is 23.1 Å². The molecule has 0 N–H and O–H groups in total. The molecule has 0 fully saturated rings. The Morgan fingerprint density at radius 3 is 2.29 bits per heavy atom. The van der Waals surface area contributed by atoms with Crippen molar-refractivity contribution in [1.82, 2.24) is 0 Å². The van der Waals surface area contributed by atoms with Gasteiger partial charge in [-0.25, -0.2) is 0 Å². The number of Topliss-reactive ketones (excluding diaryl/α,β-unsaturated/α-hetero) is 1. The zero-order valence-electron chi connectivity index (χ0n) is 18.9. The van der Waals surface area contributed by atoms with E-state index in [1.807, 2.05) is 36.4 Å². The van der Waals surface area contributed by atoms with E-state index in [1.165, 1.54) is 0 Å². The summed E-state index contributed by atoms with van der Waals surface area (Å²) >= 11 is 0. The van der Waals surface area contributed by atoms with Crippen LogP contribution in [-0.4, -0.2) is 33.1 Å². The standard InChI is InChI=1S/C27H22O7/c1-30-16-6-4-15(5-7-16)12-23-26(29)19-10-11-21-25(27(19)34-23)20(14-24(28)33-21)18-9-8-17(31-2)13-22(18)32-3/h4-13,20H,14H2,1-3H3/b23-12-/t20-/m1/s1. The van der Waals surface area contributed by atoms with Crippen molar-refractivity contribution < 1.29 is 33.3 Å². The number of rotatable bonds is 5. The number of hydrogen-bond acceptors (Lipinski definition) is 7. The first-order chi connectivity index (χ1) is 16.5. The fourth-order valence-corrected chi connectivity index (χ4v) is 4.33. The van der Waals surface area contributed by atoms with Crippen molar-refractivity contribution in [3.8, 4) is 28.7 Å². The number of ether oxygens (including phenoxy) is 5. The Balaban J connectivity index is 1.59. The molecule has 34 heavy (non-hydrogen) atoms. The molecule has 3 aromatic rings. The Hall–Kier alpha value is -4.26. The predicted octanol–water partition coefficient (Wildman–Crippen LogP) is 4.77. The first kappa shape index (κ1) is 21.6. The topological polar surface area (TPSA) is 80.3 Å². The van der Waals surface area contributed by atoms with Gasteiger partial charge in [-0.2, -0.15) is 0 Å². The molecule has 0 spiro atoms. The van der Waals surface area contributed by atoms with Crippen LogP contribution in [0.15, 0.2) is 60.4 Å². The molecule has 5 rings (SSSR count). The molecular weight excluding hydrogens is 436 g/mol. The van der Waals surface area contributed by atoms with Crippen molar-refractivity contribution in [3.05, 3.63) is 82.6 Å². The maximum Gasteiger partial charge on any atom is 0.312 e. The van der Waals surface area contributed by atoms with Gasteiger partial charge in [0.25, 0.3) is 0 Å². The monoisotopic (exact) mass is 458 g/mol. The lowest BCUT2D eigenvalue weighted by atomic mass is 9.84. The molecule has 0 amide bonds. The Bertz CT molecular complexity index is 1320. The second-order valence-corrected chi connectivity index (χ2v) is 7.91. The summed E-state index contributed by atoms with van der Waals surface area (Å²) in [5, 5.41) is 0. The Morgan fingerprint density at radius 1 is 0.853 bits per heavy atom. The van der Waals surface area contributed by atoms with Crippen LogP contribution in [0.2, 0.25) is 0 Å². The second kappa shape index (κ2) is 8.59. The van der Waals surface area contributed by atoms with Gasteiger partial charge in [-0.05, 0) is 42.0 Å². The smallest absolute Gasteiger partial charge is 0.312 e. The molecule has 0 aromatic heterocycles. The summed E-state index contributed by atoms with van der Waals surface area (Å²) in [5.41, 5.74) is 2.64. The van der Waals surface area contributed by atoms with Gasteiger partial charge in [0.15, 0.2) is 5.76 Å². The average Bonchev–Trinajstić information content (AvgIpc) is 3.18. The number of methoxy groups -OCH3 is 3. The number of benzene rings is 3. The van der Waals surface area contributed by atoms with E-state index in [2.05, 4.69) is 0 Å². The summed E-state index contributed by atoms with van der Waals surface area (Å²) in [6.45, 7) is 0. The fraction of sp³-hybridized carbons (Fsp3) is 0.185. The van der Waals surface area contributed by atoms with E-state index in [1.54, 1.807) is 45.6 Å². The van der Waals surface area contributed by atoms with Crippen LogP contribution in [0.25, 0.3) is 6.08 Å². The van der Waals surface area contributed by atoms with Gasteiger partial charge in [-0.3, -0.25) is 9.59 Å². The number of ketones is 1. The highest BCUT2D eigenvalue weighted by Gasteiger charge is 2.39. The molecule has 172 valence electrons. The SMILES string of the molecule is COc1ccc(/C=C2\Oc3c(ccc4c3[C@@H](c3ccc(OC)cc3OC)CC(=O)O4)C2=O)cc1. The summed E-state index contributed by atoms with van der Waals surface area (Å²) < 4.78 is 27.7. The molecule has 0 saturated heterocycles. The van der Waals surface area contributed by atoms with Crippen LogP contribution in [0.1, 0.15) is 39.4 Å². The molecule has 7 nitrogen and oxygen atoms in total. The van der Waals surface area contributed by atoms with E-state index in [0.29, 0.717) is 34.1 Å². The Labute approximate surface area is 196 Å². The van der Waals surface area contributed by atoms with Crippen molar-refractivity contribution in [2.24, 2.45) is 0 Å². The summed E-state index contributed by atoms with van der Waals surface area (Å²) in [4.78, 5) is 25.6. The lowest BCUT2D eigenvalue weighted by Crippen LogP contribution is -2.22. The number of hydrogen-bond donors (Lipinski definition) is 0. The summed E-state index contributed by atoms with van der Waals surface area (Å²) in [6.07, 6.45) is 1.77. The van der Waals surface area contributed by atoms with Crippen LogP contribution in [-0.2, 0) is 4.79 Å². The van der Waals surface area contributed by atoms with Gasteiger partial charge in [-0.15, -0.1) is 0 Å². The van der Waals surface area contributed by atoms with Crippen molar-refractivity contribution >= 4 is 17.8 Å². The van der Waals surface area contributed by atoms with Crippen molar-refractivity contribution in [2.75, 3.05) is 21.3 Å². The molecule has 0 radical (unpaired) electrons. The second-order valence-electron chi connectivity index (χ2n) is 7.91. The van der Waals surface area contributed by atoms with Gasteiger partial charge in [0.05, 0.1) is 33.3 Å². The lowest BCUT2D eigenvalue weighted by molar-refractivity contribution is -0.135. The molecular formula is C27H22O7. The van der Waals surface area contributed by atoms with Crippen LogP contribution >= 0.6 is 0 Å². The first-order valence-electron chi connectivity index (χ1n) is 10.7. The van der Waals surface area contributed by atoms with E-state index >= 15 is 0 Å². The molecule has 2 aliphatic rings. The van der Waals surface area contributed by atoms with Crippen LogP contribution in [0.3, 0.4) is 0 Å². The summed E-state index contributed by atoms with van der Waals surface area (Å²) in [7, 11) is 4.73. The highest BCUT2D eigenvalue weighted by Crippen LogP contribution is 2.50. The molecule has 1 atom stereocenters. The minimum absolute atomic E-state index is 0.0845. The minimum atomic E-state index is -0.416. The normalized spacial score (nSPS) is 17.5. The summed E-state index contributed by atoms with van der Waals surface area (Å²) in [5.74, 6) is 1.88. The zero-order valence-corrected chi connectivity index (χ0v) is 18.9. The molecule has 0 bridgehead atoms. The van der Waals surface area contributed by atoms with Gasteiger partial charge in [-0.1, -0.05) is 18.2 Å². The van der Waals surface area contributed by atoms with Crippen LogP contribution in [0, 0.1) is 0 Å². The van der Waals surface area contributed by atoms with E-state index in [-0.39, 0.29) is 23.9 Å². The first-order valence-corrected chi connectivity index (χ1v) is 10.7. The van der Waals surface area contributed by atoms with Gasteiger partial charge >= 0.3 is 5.97 Å². The molecule has 0 saturated carbocycles.